The molecule has 1 aromatic rings. The van der Waals surface area contributed by atoms with Crippen molar-refractivity contribution >= 4 is 23.8 Å². The number of benzene rings is 1. The highest BCUT2D eigenvalue weighted by Crippen LogP contribution is 2.22. The number of carbonyl (C=O) groups is 2. The van der Waals surface area contributed by atoms with Gasteiger partial charge in [-0.3, -0.25) is 5.43 Å². The SMILES string of the molecule is CC1(C)OC(=O)C(=C/C=N\Nc2ccc(F)cc2)C(=O)O1. The summed E-state index contributed by atoms with van der Waals surface area (Å²) < 4.78 is 22.5. The molecule has 21 heavy (non-hydrogen) atoms. The number of hydrogen-bond acceptors (Lipinski definition) is 6. The number of hydrogen-bond donors (Lipinski definition) is 1. The van der Waals surface area contributed by atoms with Gasteiger partial charge in [-0.15, -0.1) is 0 Å². The number of nitrogens with zero attached hydrogens (tertiary/aromatic N) is 1. The maximum Gasteiger partial charge on any atom is 0.348 e. The molecule has 0 spiro atoms. The molecule has 1 heterocycles. The predicted octanol–water partition coefficient (Wildman–Crippen LogP) is 1.99. The average molecular weight is 292 g/mol. The van der Waals surface area contributed by atoms with Crippen molar-refractivity contribution in [2.24, 2.45) is 5.10 Å². The van der Waals surface area contributed by atoms with Gasteiger partial charge in [0.15, 0.2) is 0 Å². The molecule has 0 atom stereocenters. The molecule has 0 unspecified atom stereocenters. The lowest BCUT2D eigenvalue weighted by Gasteiger charge is -2.29. The minimum Gasteiger partial charge on any atom is -0.419 e. The van der Waals surface area contributed by atoms with Crippen LogP contribution >= 0.6 is 0 Å². The van der Waals surface area contributed by atoms with Crippen LogP contribution in [-0.2, 0) is 19.1 Å². The van der Waals surface area contributed by atoms with Gasteiger partial charge in [0, 0.05) is 20.1 Å². The molecule has 1 fully saturated rings. The molecule has 1 aliphatic rings. The van der Waals surface area contributed by atoms with E-state index < -0.39 is 17.7 Å². The van der Waals surface area contributed by atoms with Crippen LogP contribution < -0.4 is 5.43 Å². The fraction of sp³-hybridized carbons (Fsp3) is 0.214. The number of carbonyl (C=O) groups excluding carboxylic acids is 2. The quantitative estimate of drug-likeness (QED) is 0.303. The first-order valence-electron chi connectivity index (χ1n) is 6.09. The molecule has 0 amide bonds. The van der Waals surface area contributed by atoms with Gasteiger partial charge >= 0.3 is 11.9 Å². The van der Waals surface area contributed by atoms with Gasteiger partial charge in [0.2, 0.25) is 0 Å². The van der Waals surface area contributed by atoms with Gasteiger partial charge in [0.1, 0.15) is 11.4 Å². The average Bonchev–Trinajstić information content (AvgIpc) is 2.38. The Kier molecular flexibility index (Phi) is 4.02. The summed E-state index contributed by atoms with van der Waals surface area (Å²) in [6, 6.07) is 5.53. The maximum atomic E-state index is 12.7. The summed E-state index contributed by atoms with van der Waals surface area (Å²) in [6.45, 7) is 2.92. The molecule has 6 nitrogen and oxygen atoms in total. The van der Waals surface area contributed by atoms with E-state index in [9.17, 15) is 14.0 Å². The van der Waals surface area contributed by atoms with Gasteiger partial charge in [0.25, 0.3) is 5.79 Å². The fourth-order valence-corrected chi connectivity index (χ4v) is 1.54. The fourth-order valence-electron chi connectivity index (χ4n) is 1.54. The molecule has 1 aliphatic heterocycles. The van der Waals surface area contributed by atoms with E-state index in [0.717, 1.165) is 0 Å². The van der Waals surface area contributed by atoms with Gasteiger partial charge in [-0.25, -0.2) is 14.0 Å². The molecule has 0 aliphatic carbocycles. The second kappa shape index (κ2) is 5.74. The molecule has 1 aromatic carbocycles. The molecule has 1 saturated heterocycles. The Labute approximate surface area is 120 Å². The van der Waals surface area contributed by atoms with E-state index in [-0.39, 0.29) is 11.4 Å². The molecular weight excluding hydrogens is 279 g/mol. The minimum atomic E-state index is -1.27. The minimum absolute atomic E-state index is 0.251. The third-order valence-corrected chi connectivity index (χ3v) is 2.47. The number of anilines is 1. The van der Waals surface area contributed by atoms with E-state index in [4.69, 9.17) is 9.47 Å². The summed E-state index contributed by atoms with van der Waals surface area (Å²) in [5.41, 5.74) is 2.92. The van der Waals surface area contributed by atoms with Crippen molar-refractivity contribution < 1.29 is 23.5 Å². The first kappa shape index (κ1) is 14.7. The highest BCUT2D eigenvalue weighted by atomic mass is 19.1. The Balaban J connectivity index is 2.00. The zero-order valence-electron chi connectivity index (χ0n) is 11.4. The summed E-state index contributed by atoms with van der Waals surface area (Å²) in [5.74, 6) is -3.18. The van der Waals surface area contributed by atoms with Crippen molar-refractivity contribution in [1.82, 2.24) is 0 Å². The number of nitrogens with one attached hydrogen (secondary N) is 1. The van der Waals surface area contributed by atoms with Crippen LogP contribution in [0.2, 0.25) is 0 Å². The molecule has 7 heteroatoms. The third kappa shape index (κ3) is 3.88. The largest absolute Gasteiger partial charge is 0.419 e. The smallest absolute Gasteiger partial charge is 0.348 e. The highest BCUT2D eigenvalue weighted by molar-refractivity contribution is 6.17. The van der Waals surface area contributed by atoms with Crippen LogP contribution in [0.15, 0.2) is 41.0 Å². The molecule has 0 aromatic heterocycles. The predicted molar refractivity (Wildman–Crippen MR) is 72.9 cm³/mol. The van der Waals surface area contributed by atoms with Crippen molar-refractivity contribution in [3.05, 3.63) is 41.7 Å². The van der Waals surface area contributed by atoms with Gasteiger partial charge in [0.05, 0.1) is 5.69 Å². The van der Waals surface area contributed by atoms with Gasteiger partial charge in [-0.05, 0) is 30.3 Å². The topological polar surface area (TPSA) is 77.0 Å². The van der Waals surface area contributed by atoms with E-state index in [2.05, 4.69) is 10.5 Å². The lowest BCUT2D eigenvalue weighted by atomic mass is 10.2. The summed E-state index contributed by atoms with van der Waals surface area (Å²) >= 11 is 0. The Morgan fingerprint density at radius 1 is 1.14 bits per heavy atom. The van der Waals surface area contributed by atoms with Crippen LogP contribution in [0, 0.1) is 5.82 Å². The summed E-state index contributed by atoms with van der Waals surface area (Å²) in [6.07, 6.45) is 2.38. The molecule has 0 saturated carbocycles. The third-order valence-electron chi connectivity index (χ3n) is 2.47. The Morgan fingerprint density at radius 2 is 1.71 bits per heavy atom. The molecule has 110 valence electrons. The second-order valence-electron chi connectivity index (χ2n) is 4.66. The maximum absolute atomic E-state index is 12.7. The van der Waals surface area contributed by atoms with E-state index in [1.165, 1.54) is 50.4 Å². The Morgan fingerprint density at radius 3 is 2.29 bits per heavy atom. The van der Waals surface area contributed by atoms with Crippen LogP contribution in [0.4, 0.5) is 10.1 Å². The first-order chi connectivity index (χ1) is 9.87. The molecule has 0 bridgehead atoms. The lowest BCUT2D eigenvalue weighted by Crippen LogP contribution is -2.41. The van der Waals surface area contributed by atoms with Gasteiger partial charge < -0.3 is 9.47 Å². The van der Waals surface area contributed by atoms with E-state index in [1.54, 1.807) is 0 Å². The van der Waals surface area contributed by atoms with Crippen molar-refractivity contribution in [3.63, 3.8) is 0 Å². The second-order valence-corrected chi connectivity index (χ2v) is 4.66. The van der Waals surface area contributed by atoms with Crippen molar-refractivity contribution in [1.29, 1.82) is 0 Å². The van der Waals surface area contributed by atoms with Crippen LogP contribution in [0.1, 0.15) is 13.8 Å². The van der Waals surface area contributed by atoms with Crippen LogP contribution in [0.3, 0.4) is 0 Å². The van der Waals surface area contributed by atoms with E-state index in [1.807, 2.05) is 0 Å². The Hall–Kier alpha value is -2.70. The van der Waals surface area contributed by atoms with E-state index >= 15 is 0 Å². The Bertz CT molecular complexity index is 598. The van der Waals surface area contributed by atoms with Gasteiger partial charge in [-0.2, -0.15) is 5.10 Å². The summed E-state index contributed by atoms with van der Waals surface area (Å²) in [4.78, 5) is 23.2. The molecule has 2 rings (SSSR count). The monoisotopic (exact) mass is 292 g/mol. The number of esters is 2. The van der Waals surface area contributed by atoms with Gasteiger partial charge in [-0.1, -0.05) is 0 Å². The lowest BCUT2D eigenvalue weighted by molar-refractivity contribution is -0.222. The van der Waals surface area contributed by atoms with Crippen LogP contribution in [0.25, 0.3) is 0 Å². The highest BCUT2D eigenvalue weighted by Gasteiger charge is 2.38. The number of cyclic esters (lactones) is 2. The van der Waals surface area contributed by atoms with Crippen LogP contribution in [0.5, 0.6) is 0 Å². The number of ether oxygens (including phenoxy) is 2. The normalized spacial score (nSPS) is 17.4. The summed E-state index contributed by atoms with van der Waals surface area (Å²) in [7, 11) is 0. The number of halogens is 1. The molecular formula is C14H13FN2O4. The molecule has 0 radical (unpaired) electrons. The van der Waals surface area contributed by atoms with Crippen molar-refractivity contribution in [2.75, 3.05) is 5.43 Å². The van der Waals surface area contributed by atoms with Crippen molar-refractivity contribution in [3.8, 4) is 0 Å². The first-order valence-corrected chi connectivity index (χ1v) is 6.09. The number of hydrazone groups is 1. The van der Waals surface area contributed by atoms with E-state index in [0.29, 0.717) is 5.69 Å². The zero-order chi connectivity index (χ0) is 15.5. The van der Waals surface area contributed by atoms with Crippen molar-refractivity contribution in [2.45, 2.75) is 19.6 Å². The number of allylic oxidation sites excluding steroid dienone is 1. The standard InChI is InChI=1S/C14H13FN2O4/c1-14(2)20-12(18)11(13(19)21-14)7-8-16-17-10-5-3-9(15)4-6-10/h3-8,17H,1-2H3/b16-8-. The van der Waals surface area contributed by atoms with Crippen LogP contribution in [-0.4, -0.2) is 23.9 Å². The number of rotatable bonds is 3. The zero-order valence-corrected chi connectivity index (χ0v) is 11.4. The summed E-state index contributed by atoms with van der Waals surface area (Å²) in [5, 5.41) is 3.78. The molecule has 1 N–H and O–H groups in total.